The highest BCUT2D eigenvalue weighted by atomic mass is 19.2. The number of nitrogens with zero attached hydrogens (tertiary/aromatic N) is 4. The Hall–Kier alpha value is -3.62. The van der Waals surface area contributed by atoms with Gasteiger partial charge in [-0.05, 0) is 43.5 Å². The van der Waals surface area contributed by atoms with Crippen LogP contribution in [-0.2, 0) is 13.5 Å². The summed E-state index contributed by atoms with van der Waals surface area (Å²) in [6.07, 6.45) is 5.07. The number of furan rings is 1. The summed E-state index contributed by atoms with van der Waals surface area (Å²) < 4.78 is 48.3. The van der Waals surface area contributed by atoms with Crippen molar-refractivity contribution in [2.24, 2.45) is 7.05 Å². The second-order valence-corrected chi connectivity index (χ2v) is 8.25. The molecule has 1 saturated heterocycles. The van der Waals surface area contributed by atoms with Gasteiger partial charge < -0.3 is 9.32 Å². The fourth-order valence-corrected chi connectivity index (χ4v) is 5.19. The molecular formula is C23H17F3N4O2. The van der Waals surface area contributed by atoms with Crippen molar-refractivity contribution >= 4 is 16.9 Å². The first-order valence-corrected chi connectivity index (χ1v) is 10.3. The molecular weight excluding hydrogens is 421 g/mol. The van der Waals surface area contributed by atoms with Gasteiger partial charge in [-0.2, -0.15) is 5.10 Å². The molecule has 3 aromatic heterocycles. The summed E-state index contributed by atoms with van der Waals surface area (Å²) in [5.41, 5.74) is 3.22. The van der Waals surface area contributed by atoms with Crippen molar-refractivity contribution in [2.75, 3.05) is 0 Å². The van der Waals surface area contributed by atoms with E-state index in [4.69, 9.17) is 4.42 Å². The molecule has 0 aliphatic carbocycles. The van der Waals surface area contributed by atoms with E-state index >= 15 is 0 Å². The summed E-state index contributed by atoms with van der Waals surface area (Å²) in [4.78, 5) is 19.6. The number of carbonyl (C=O) groups is 1. The van der Waals surface area contributed by atoms with Crippen LogP contribution < -0.4 is 0 Å². The van der Waals surface area contributed by atoms with Gasteiger partial charge in [0.2, 0.25) is 0 Å². The van der Waals surface area contributed by atoms with E-state index in [9.17, 15) is 18.0 Å². The molecule has 2 aliphatic rings. The van der Waals surface area contributed by atoms with Crippen LogP contribution in [0.2, 0.25) is 0 Å². The molecule has 32 heavy (non-hydrogen) atoms. The Morgan fingerprint density at radius 2 is 1.94 bits per heavy atom. The summed E-state index contributed by atoms with van der Waals surface area (Å²) >= 11 is 0. The predicted octanol–water partition coefficient (Wildman–Crippen LogP) is 4.55. The number of fused-ring (bicyclic) bond motifs is 5. The monoisotopic (exact) mass is 438 g/mol. The normalized spacial score (nSPS) is 19.6. The molecule has 162 valence electrons. The third-order valence-corrected chi connectivity index (χ3v) is 6.51. The zero-order chi connectivity index (χ0) is 22.1. The summed E-state index contributed by atoms with van der Waals surface area (Å²) in [6, 6.07) is 5.04. The molecule has 0 N–H and O–H groups in total. The molecule has 0 unspecified atom stereocenters. The zero-order valence-electron chi connectivity index (χ0n) is 17.0. The van der Waals surface area contributed by atoms with Crippen LogP contribution in [0.1, 0.15) is 40.6 Å². The summed E-state index contributed by atoms with van der Waals surface area (Å²) in [5, 5.41) is 5.27. The van der Waals surface area contributed by atoms with E-state index in [-0.39, 0.29) is 23.6 Å². The summed E-state index contributed by atoms with van der Waals surface area (Å²) in [6.45, 7) is 0. The SMILES string of the molecule is Cn1nc2c(c1-c1cc(F)c(F)c(F)c1)C[C@@H]1CC[C@H]2N1C(=O)c1nccc2occc12. The Morgan fingerprint density at radius 3 is 2.72 bits per heavy atom. The van der Waals surface area contributed by atoms with Crippen molar-refractivity contribution in [2.45, 2.75) is 31.3 Å². The number of amides is 1. The van der Waals surface area contributed by atoms with Gasteiger partial charge in [0.1, 0.15) is 11.3 Å². The number of pyridine rings is 1. The number of carbonyl (C=O) groups excluding carboxylic acids is 1. The van der Waals surface area contributed by atoms with Gasteiger partial charge >= 0.3 is 0 Å². The lowest BCUT2D eigenvalue weighted by Crippen LogP contribution is -2.42. The fraction of sp³-hybridized carbons (Fsp3) is 0.261. The van der Waals surface area contributed by atoms with Gasteiger partial charge in [-0.15, -0.1) is 0 Å². The Balaban J connectivity index is 1.44. The number of rotatable bonds is 2. The van der Waals surface area contributed by atoms with Crippen molar-refractivity contribution in [3.8, 4) is 11.3 Å². The van der Waals surface area contributed by atoms with E-state index in [1.807, 2.05) is 4.90 Å². The van der Waals surface area contributed by atoms with Crippen LogP contribution in [0.3, 0.4) is 0 Å². The van der Waals surface area contributed by atoms with Crippen molar-refractivity contribution < 1.29 is 22.4 Å². The third-order valence-electron chi connectivity index (χ3n) is 6.51. The lowest BCUT2D eigenvalue weighted by atomic mass is 9.94. The Kier molecular flexibility index (Phi) is 3.99. The number of hydrogen-bond donors (Lipinski definition) is 0. The van der Waals surface area contributed by atoms with Crippen LogP contribution in [0.15, 0.2) is 41.1 Å². The Morgan fingerprint density at radius 1 is 1.16 bits per heavy atom. The molecule has 1 aromatic carbocycles. The van der Waals surface area contributed by atoms with Gasteiger partial charge in [-0.1, -0.05) is 0 Å². The van der Waals surface area contributed by atoms with Crippen molar-refractivity contribution in [1.82, 2.24) is 19.7 Å². The quantitative estimate of drug-likeness (QED) is 0.431. The standard InChI is InChI=1S/C23H17F3N4O2/c1-29-22(11-8-15(24)19(26)16(25)9-11)14-10-12-2-3-17(20(14)28-29)30(12)23(31)21-13-5-7-32-18(13)4-6-27-21/h4-9,12,17H,2-3,10H2,1H3/t12-,17+/m0/s1. The minimum Gasteiger partial charge on any atom is -0.464 e. The molecule has 2 bridgehead atoms. The highest BCUT2D eigenvalue weighted by Gasteiger charge is 2.46. The molecule has 2 aliphatic heterocycles. The van der Waals surface area contributed by atoms with E-state index in [1.165, 1.54) is 6.26 Å². The highest BCUT2D eigenvalue weighted by molar-refractivity contribution is 6.04. The predicted molar refractivity (Wildman–Crippen MR) is 108 cm³/mol. The average Bonchev–Trinajstić information content (AvgIpc) is 3.46. The second-order valence-electron chi connectivity index (χ2n) is 8.25. The Labute approximate surface area is 180 Å². The minimum atomic E-state index is -1.50. The lowest BCUT2D eigenvalue weighted by molar-refractivity contribution is 0.0638. The van der Waals surface area contributed by atoms with Gasteiger partial charge in [0.15, 0.2) is 17.5 Å². The number of benzene rings is 1. The van der Waals surface area contributed by atoms with Gasteiger partial charge in [0, 0.05) is 30.4 Å². The highest BCUT2D eigenvalue weighted by Crippen LogP contribution is 2.47. The molecule has 0 spiro atoms. The van der Waals surface area contributed by atoms with Crippen LogP contribution in [0.4, 0.5) is 13.2 Å². The molecule has 0 radical (unpaired) electrons. The van der Waals surface area contributed by atoms with Crippen LogP contribution in [0, 0.1) is 17.5 Å². The largest absolute Gasteiger partial charge is 0.464 e. The maximum absolute atomic E-state index is 13.9. The topological polar surface area (TPSA) is 64.2 Å². The maximum atomic E-state index is 13.9. The molecule has 2 atom stereocenters. The number of halogens is 3. The Bertz CT molecular complexity index is 1390. The molecule has 6 rings (SSSR count). The third kappa shape index (κ3) is 2.57. The van der Waals surface area contributed by atoms with Crippen LogP contribution in [0.25, 0.3) is 22.2 Å². The fourth-order valence-electron chi connectivity index (χ4n) is 5.19. The van der Waals surface area contributed by atoms with Crippen LogP contribution in [0.5, 0.6) is 0 Å². The number of hydrogen-bond acceptors (Lipinski definition) is 4. The molecule has 9 heteroatoms. The van der Waals surface area contributed by atoms with Crippen molar-refractivity contribution in [3.05, 3.63) is 71.1 Å². The van der Waals surface area contributed by atoms with Gasteiger partial charge in [0.05, 0.1) is 29.1 Å². The van der Waals surface area contributed by atoms with Crippen LogP contribution >= 0.6 is 0 Å². The molecule has 4 aromatic rings. The van der Waals surface area contributed by atoms with E-state index in [2.05, 4.69) is 10.1 Å². The van der Waals surface area contributed by atoms with E-state index in [0.29, 0.717) is 34.5 Å². The molecule has 0 saturated carbocycles. The van der Waals surface area contributed by atoms with Crippen LogP contribution in [-0.4, -0.2) is 31.6 Å². The summed E-state index contributed by atoms with van der Waals surface area (Å²) in [5.74, 6) is -4.18. The van der Waals surface area contributed by atoms with Gasteiger partial charge in [0.25, 0.3) is 5.91 Å². The molecule has 5 heterocycles. The van der Waals surface area contributed by atoms with Crippen molar-refractivity contribution in [3.63, 3.8) is 0 Å². The van der Waals surface area contributed by atoms with E-state index < -0.39 is 17.5 Å². The van der Waals surface area contributed by atoms with Gasteiger partial charge in [-0.3, -0.25) is 14.5 Å². The smallest absolute Gasteiger partial charge is 0.274 e. The first kappa shape index (κ1) is 19.1. The first-order chi connectivity index (χ1) is 15.4. The van der Waals surface area contributed by atoms with E-state index in [1.54, 1.807) is 30.1 Å². The van der Waals surface area contributed by atoms with Crippen molar-refractivity contribution in [1.29, 1.82) is 0 Å². The number of aryl methyl sites for hydroxylation is 1. The molecule has 1 amide bonds. The number of aromatic nitrogens is 3. The van der Waals surface area contributed by atoms with E-state index in [0.717, 1.165) is 30.5 Å². The van der Waals surface area contributed by atoms with Gasteiger partial charge in [-0.25, -0.2) is 13.2 Å². The molecule has 1 fully saturated rings. The lowest BCUT2D eigenvalue weighted by Gasteiger charge is -2.34. The molecule has 6 nitrogen and oxygen atoms in total. The first-order valence-electron chi connectivity index (χ1n) is 10.3. The second kappa shape index (κ2) is 6.69. The maximum Gasteiger partial charge on any atom is 0.274 e. The minimum absolute atomic E-state index is 0.0953. The summed E-state index contributed by atoms with van der Waals surface area (Å²) in [7, 11) is 1.68. The zero-order valence-corrected chi connectivity index (χ0v) is 17.0. The average molecular weight is 438 g/mol.